The highest BCUT2D eigenvalue weighted by Gasteiger charge is 2.11. The Balaban J connectivity index is 2.16. The maximum Gasteiger partial charge on any atom is 0.123 e. The number of aromatic nitrogens is 1. The number of thiazole rings is 1. The van der Waals surface area contributed by atoms with Crippen molar-refractivity contribution in [3.05, 3.63) is 51.2 Å². The van der Waals surface area contributed by atoms with Gasteiger partial charge in [-0.3, -0.25) is 0 Å². The van der Waals surface area contributed by atoms with Gasteiger partial charge in [-0.1, -0.05) is 26.0 Å². The lowest BCUT2D eigenvalue weighted by Crippen LogP contribution is -2.02. The van der Waals surface area contributed by atoms with E-state index in [0.717, 1.165) is 29.1 Å². The zero-order valence-electron chi connectivity index (χ0n) is 11.3. The monoisotopic (exact) mass is 278 g/mol. The lowest BCUT2D eigenvalue weighted by Gasteiger charge is -2.02. The number of benzene rings is 1. The van der Waals surface area contributed by atoms with Gasteiger partial charge < -0.3 is 5.73 Å². The first-order valence-corrected chi connectivity index (χ1v) is 7.32. The van der Waals surface area contributed by atoms with E-state index >= 15 is 0 Å². The minimum atomic E-state index is -0.203. The van der Waals surface area contributed by atoms with Crippen LogP contribution in [0.4, 0.5) is 4.39 Å². The van der Waals surface area contributed by atoms with E-state index in [4.69, 9.17) is 5.73 Å². The summed E-state index contributed by atoms with van der Waals surface area (Å²) in [7, 11) is 0. The molecule has 0 aliphatic rings. The summed E-state index contributed by atoms with van der Waals surface area (Å²) in [5, 5.41) is 1.06. The third-order valence-electron chi connectivity index (χ3n) is 2.88. The molecule has 0 unspecified atom stereocenters. The molecule has 2 N–H and O–H groups in total. The number of halogens is 1. The van der Waals surface area contributed by atoms with Crippen molar-refractivity contribution in [2.45, 2.75) is 33.2 Å². The van der Waals surface area contributed by atoms with Crippen LogP contribution in [0.3, 0.4) is 0 Å². The summed E-state index contributed by atoms with van der Waals surface area (Å²) in [5.74, 6) is 0.372. The minimum Gasteiger partial charge on any atom is -0.326 e. The molecule has 0 fully saturated rings. The van der Waals surface area contributed by atoms with Crippen molar-refractivity contribution in [2.24, 2.45) is 11.7 Å². The van der Waals surface area contributed by atoms with Crippen LogP contribution >= 0.6 is 11.3 Å². The van der Waals surface area contributed by atoms with Gasteiger partial charge in [-0.15, -0.1) is 11.3 Å². The predicted molar refractivity (Wildman–Crippen MR) is 77.8 cm³/mol. The van der Waals surface area contributed by atoms with Crippen LogP contribution in [0, 0.1) is 11.7 Å². The van der Waals surface area contributed by atoms with E-state index in [-0.39, 0.29) is 5.82 Å². The van der Waals surface area contributed by atoms with E-state index in [9.17, 15) is 4.39 Å². The van der Waals surface area contributed by atoms with E-state index in [1.807, 2.05) is 0 Å². The third-order valence-corrected chi connectivity index (χ3v) is 4.00. The lowest BCUT2D eigenvalue weighted by molar-refractivity contribution is 0.627. The van der Waals surface area contributed by atoms with E-state index in [0.29, 0.717) is 12.5 Å². The molecule has 0 atom stereocenters. The molecule has 1 aromatic carbocycles. The van der Waals surface area contributed by atoms with Crippen LogP contribution in [0.1, 0.15) is 35.0 Å². The van der Waals surface area contributed by atoms with Gasteiger partial charge >= 0.3 is 0 Å². The van der Waals surface area contributed by atoms with Crippen LogP contribution in [-0.2, 0) is 19.4 Å². The van der Waals surface area contributed by atoms with E-state index < -0.39 is 0 Å². The van der Waals surface area contributed by atoms with Gasteiger partial charge in [0.15, 0.2) is 0 Å². The largest absolute Gasteiger partial charge is 0.326 e. The van der Waals surface area contributed by atoms with Crippen LogP contribution in [0.25, 0.3) is 0 Å². The van der Waals surface area contributed by atoms with Crippen molar-refractivity contribution >= 4 is 11.3 Å². The molecule has 2 rings (SSSR count). The first kappa shape index (κ1) is 14.2. The molecule has 4 heteroatoms. The van der Waals surface area contributed by atoms with E-state index in [1.165, 1.54) is 17.0 Å². The molecule has 19 heavy (non-hydrogen) atoms. The van der Waals surface area contributed by atoms with Gasteiger partial charge in [0.25, 0.3) is 0 Å². The second-order valence-electron chi connectivity index (χ2n) is 5.08. The predicted octanol–water partition coefficient (Wildman–Crippen LogP) is 3.53. The van der Waals surface area contributed by atoms with Crippen LogP contribution in [0.2, 0.25) is 0 Å². The summed E-state index contributed by atoms with van der Waals surface area (Å²) in [6.45, 7) is 4.90. The smallest absolute Gasteiger partial charge is 0.123 e. The van der Waals surface area contributed by atoms with Gasteiger partial charge in [-0.05, 0) is 30.0 Å². The molecule has 0 radical (unpaired) electrons. The summed E-state index contributed by atoms with van der Waals surface area (Å²) < 4.78 is 12.9. The number of rotatable bonds is 5. The second kappa shape index (κ2) is 6.26. The van der Waals surface area contributed by atoms with Crippen LogP contribution < -0.4 is 5.73 Å². The fourth-order valence-electron chi connectivity index (χ4n) is 1.99. The van der Waals surface area contributed by atoms with Gasteiger partial charge in [0.1, 0.15) is 5.82 Å². The minimum absolute atomic E-state index is 0.203. The van der Waals surface area contributed by atoms with Crippen molar-refractivity contribution in [3.8, 4) is 0 Å². The van der Waals surface area contributed by atoms with E-state index in [2.05, 4.69) is 18.8 Å². The SMILES string of the molecule is CC(C)Cc1nc(Cc2ccc(F)cc2)sc1CN. The number of nitrogens with zero attached hydrogens (tertiary/aromatic N) is 1. The fraction of sp³-hybridized carbons (Fsp3) is 0.400. The zero-order valence-corrected chi connectivity index (χ0v) is 12.1. The maximum absolute atomic E-state index is 12.9. The van der Waals surface area contributed by atoms with Gasteiger partial charge in [0, 0.05) is 17.8 Å². The maximum atomic E-state index is 12.9. The summed E-state index contributed by atoms with van der Waals surface area (Å²) in [4.78, 5) is 5.86. The van der Waals surface area contributed by atoms with Crippen molar-refractivity contribution < 1.29 is 4.39 Å². The Bertz CT molecular complexity index is 532. The Morgan fingerprint density at radius 1 is 1.26 bits per heavy atom. The van der Waals surface area contributed by atoms with Crippen molar-refractivity contribution in [3.63, 3.8) is 0 Å². The third kappa shape index (κ3) is 3.85. The fourth-order valence-corrected chi connectivity index (χ4v) is 3.00. The van der Waals surface area contributed by atoms with Gasteiger partial charge in [0.2, 0.25) is 0 Å². The second-order valence-corrected chi connectivity index (χ2v) is 6.25. The normalized spacial score (nSPS) is 11.2. The molecule has 102 valence electrons. The van der Waals surface area contributed by atoms with Gasteiger partial charge in [-0.25, -0.2) is 9.37 Å². The van der Waals surface area contributed by atoms with E-state index in [1.54, 1.807) is 23.5 Å². The highest BCUT2D eigenvalue weighted by molar-refractivity contribution is 7.11. The number of nitrogens with two attached hydrogens (primary N) is 1. The Morgan fingerprint density at radius 3 is 2.53 bits per heavy atom. The highest BCUT2D eigenvalue weighted by Crippen LogP contribution is 2.23. The Hall–Kier alpha value is -1.26. The molecule has 2 aromatic rings. The standard InChI is InChI=1S/C15H19FN2S/c1-10(2)7-13-14(9-17)19-15(18-13)8-11-3-5-12(16)6-4-11/h3-6,10H,7-9,17H2,1-2H3. The first-order valence-electron chi connectivity index (χ1n) is 6.50. The topological polar surface area (TPSA) is 38.9 Å². The van der Waals surface area contributed by atoms with Crippen LogP contribution in [0.5, 0.6) is 0 Å². The van der Waals surface area contributed by atoms with Gasteiger partial charge in [0.05, 0.1) is 10.7 Å². The summed E-state index contributed by atoms with van der Waals surface area (Å²) in [6, 6.07) is 6.59. The van der Waals surface area contributed by atoms with Crippen molar-refractivity contribution in [1.29, 1.82) is 0 Å². The van der Waals surface area contributed by atoms with Crippen molar-refractivity contribution in [1.82, 2.24) is 4.98 Å². The molecular formula is C15H19FN2S. The molecule has 2 nitrogen and oxygen atoms in total. The highest BCUT2D eigenvalue weighted by atomic mass is 32.1. The number of hydrogen-bond donors (Lipinski definition) is 1. The Kier molecular flexibility index (Phi) is 4.66. The quantitative estimate of drug-likeness (QED) is 0.908. The molecule has 0 saturated carbocycles. The first-order chi connectivity index (χ1) is 9.08. The molecule has 0 spiro atoms. The van der Waals surface area contributed by atoms with Crippen molar-refractivity contribution in [2.75, 3.05) is 0 Å². The summed E-state index contributed by atoms with van der Waals surface area (Å²) in [5.41, 5.74) is 7.98. The van der Waals surface area contributed by atoms with Crippen LogP contribution in [-0.4, -0.2) is 4.98 Å². The molecule has 1 aromatic heterocycles. The molecule has 0 amide bonds. The Morgan fingerprint density at radius 2 is 1.95 bits per heavy atom. The summed E-state index contributed by atoms with van der Waals surface area (Å²) in [6.07, 6.45) is 1.71. The summed E-state index contributed by atoms with van der Waals surface area (Å²) >= 11 is 1.67. The average Bonchev–Trinajstić information content (AvgIpc) is 2.73. The number of hydrogen-bond acceptors (Lipinski definition) is 3. The van der Waals surface area contributed by atoms with Crippen LogP contribution in [0.15, 0.2) is 24.3 Å². The average molecular weight is 278 g/mol. The molecule has 0 aliphatic heterocycles. The molecule has 0 saturated heterocycles. The molecular weight excluding hydrogens is 259 g/mol. The molecule has 1 heterocycles. The molecule has 0 aliphatic carbocycles. The Labute approximate surface area is 117 Å². The lowest BCUT2D eigenvalue weighted by atomic mass is 10.1. The zero-order chi connectivity index (χ0) is 13.8. The van der Waals surface area contributed by atoms with Gasteiger partial charge in [-0.2, -0.15) is 0 Å². The molecule has 0 bridgehead atoms.